The van der Waals surface area contributed by atoms with Crippen molar-refractivity contribution in [2.24, 2.45) is 0 Å². The molecular formula is C13H14F3NO. The van der Waals surface area contributed by atoms with Crippen molar-refractivity contribution in [3.05, 3.63) is 47.0 Å². The summed E-state index contributed by atoms with van der Waals surface area (Å²) >= 11 is 0. The lowest BCUT2D eigenvalue weighted by molar-refractivity contribution is 0.220. The first-order chi connectivity index (χ1) is 8.63. The van der Waals surface area contributed by atoms with Crippen molar-refractivity contribution in [2.45, 2.75) is 18.9 Å². The highest BCUT2D eigenvalue weighted by atomic mass is 19.2. The summed E-state index contributed by atoms with van der Waals surface area (Å²) in [5.41, 5.74) is 1.25. The summed E-state index contributed by atoms with van der Waals surface area (Å²) in [6.07, 6.45) is 3.24. The van der Waals surface area contributed by atoms with Gasteiger partial charge in [0.15, 0.2) is 17.5 Å². The average molecular weight is 257 g/mol. The molecule has 1 N–H and O–H groups in total. The van der Waals surface area contributed by atoms with Gasteiger partial charge in [0.1, 0.15) is 0 Å². The Bertz CT molecular complexity index is 450. The van der Waals surface area contributed by atoms with Crippen LogP contribution in [0.4, 0.5) is 13.2 Å². The Labute approximate surface area is 103 Å². The predicted molar refractivity (Wildman–Crippen MR) is 61.4 cm³/mol. The minimum atomic E-state index is -1.44. The summed E-state index contributed by atoms with van der Waals surface area (Å²) in [4.78, 5) is 0. The van der Waals surface area contributed by atoms with Gasteiger partial charge in [-0.15, -0.1) is 0 Å². The fraction of sp³-hybridized carbons (Fsp3) is 0.385. The van der Waals surface area contributed by atoms with Crippen molar-refractivity contribution in [1.82, 2.24) is 5.32 Å². The van der Waals surface area contributed by atoms with Crippen LogP contribution in [-0.4, -0.2) is 13.7 Å². The SMILES string of the molecule is CNC(C1=COCCC1)c1cc(F)c(F)c(F)c1. The first kappa shape index (κ1) is 13.0. The number of halogens is 3. The average Bonchev–Trinajstić information content (AvgIpc) is 2.38. The van der Waals surface area contributed by atoms with Crippen LogP contribution in [0.1, 0.15) is 24.4 Å². The molecule has 0 saturated carbocycles. The van der Waals surface area contributed by atoms with E-state index in [2.05, 4.69) is 5.32 Å². The molecular weight excluding hydrogens is 243 g/mol. The number of likely N-dealkylation sites (N-methyl/N-ethyl adjacent to an activating group) is 1. The summed E-state index contributed by atoms with van der Waals surface area (Å²) in [7, 11) is 1.68. The van der Waals surface area contributed by atoms with Crippen LogP contribution in [0.5, 0.6) is 0 Å². The van der Waals surface area contributed by atoms with Gasteiger partial charge in [-0.25, -0.2) is 13.2 Å². The highest BCUT2D eigenvalue weighted by Crippen LogP contribution is 2.29. The Morgan fingerprint density at radius 2 is 1.89 bits per heavy atom. The third-order valence-corrected chi connectivity index (χ3v) is 2.96. The van der Waals surface area contributed by atoms with Crippen LogP contribution in [-0.2, 0) is 4.74 Å². The minimum Gasteiger partial charge on any atom is -0.501 e. The molecule has 1 aliphatic rings. The van der Waals surface area contributed by atoms with Crippen molar-refractivity contribution in [2.75, 3.05) is 13.7 Å². The van der Waals surface area contributed by atoms with E-state index in [0.29, 0.717) is 12.2 Å². The molecule has 1 atom stereocenters. The Morgan fingerprint density at radius 1 is 1.22 bits per heavy atom. The standard InChI is InChI=1S/C13H14F3NO/c1-17-13(8-3-2-4-18-7-8)9-5-10(14)12(16)11(15)6-9/h5-7,13,17H,2-4H2,1H3. The quantitative estimate of drug-likeness (QED) is 0.840. The van der Waals surface area contributed by atoms with Crippen LogP contribution in [0.3, 0.4) is 0 Å². The van der Waals surface area contributed by atoms with Gasteiger partial charge in [-0.3, -0.25) is 0 Å². The molecule has 0 amide bonds. The summed E-state index contributed by atoms with van der Waals surface area (Å²) in [5, 5.41) is 2.96. The molecule has 0 aromatic heterocycles. The number of ether oxygens (including phenoxy) is 1. The molecule has 98 valence electrons. The van der Waals surface area contributed by atoms with Crippen LogP contribution >= 0.6 is 0 Å². The van der Waals surface area contributed by atoms with Gasteiger partial charge in [0, 0.05) is 0 Å². The summed E-state index contributed by atoms with van der Waals surface area (Å²) < 4.78 is 44.5. The molecule has 1 heterocycles. The van der Waals surface area contributed by atoms with Crippen molar-refractivity contribution in [3.8, 4) is 0 Å². The number of rotatable bonds is 3. The maximum atomic E-state index is 13.2. The molecule has 0 spiro atoms. The zero-order valence-corrected chi connectivity index (χ0v) is 9.97. The Hall–Kier alpha value is -1.49. The monoisotopic (exact) mass is 257 g/mol. The molecule has 0 aliphatic carbocycles. The normalized spacial score (nSPS) is 17.0. The highest BCUT2D eigenvalue weighted by Gasteiger charge is 2.21. The van der Waals surface area contributed by atoms with Gasteiger partial charge in [0.05, 0.1) is 18.9 Å². The zero-order chi connectivity index (χ0) is 13.1. The maximum absolute atomic E-state index is 13.2. The van der Waals surface area contributed by atoms with E-state index in [-0.39, 0.29) is 6.04 Å². The van der Waals surface area contributed by atoms with E-state index in [1.54, 1.807) is 13.3 Å². The van der Waals surface area contributed by atoms with Gasteiger partial charge in [0.25, 0.3) is 0 Å². The van der Waals surface area contributed by atoms with Gasteiger partial charge in [-0.2, -0.15) is 0 Å². The second kappa shape index (κ2) is 5.44. The summed E-state index contributed by atoms with van der Waals surface area (Å²) in [6.45, 7) is 0.645. The molecule has 5 heteroatoms. The van der Waals surface area contributed by atoms with Crippen LogP contribution < -0.4 is 5.32 Å². The van der Waals surface area contributed by atoms with Crippen LogP contribution in [0.15, 0.2) is 24.0 Å². The topological polar surface area (TPSA) is 21.3 Å². The third kappa shape index (κ3) is 2.51. The summed E-state index contributed by atoms with van der Waals surface area (Å²) in [6, 6.07) is 1.65. The molecule has 1 aliphatic heterocycles. The summed E-state index contributed by atoms with van der Waals surface area (Å²) in [5.74, 6) is -3.80. The number of nitrogens with one attached hydrogen (secondary N) is 1. The minimum absolute atomic E-state index is 0.352. The van der Waals surface area contributed by atoms with Crippen molar-refractivity contribution < 1.29 is 17.9 Å². The molecule has 1 unspecified atom stereocenters. The van der Waals surface area contributed by atoms with E-state index in [9.17, 15) is 13.2 Å². The Balaban J connectivity index is 2.35. The molecule has 18 heavy (non-hydrogen) atoms. The van der Waals surface area contributed by atoms with Crippen LogP contribution in [0, 0.1) is 17.5 Å². The molecule has 0 radical (unpaired) electrons. The van der Waals surface area contributed by atoms with E-state index >= 15 is 0 Å². The van der Waals surface area contributed by atoms with Crippen molar-refractivity contribution >= 4 is 0 Å². The molecule has 0 saturated heterocycles. The van der Waals surface area contributed by atoms with Gasteiger partial charge in [0.2, 0.25) is 0 Å². The van der Waals surface area contributed by atoms with Crippen molar-refractivity contribution in [1.29, 1.82) is 0 Å². The molecule has 0 bridgehead atoms. The van der Waals surface area contributed by atoms with Gasteiger partial charge in [-0.05, 0) is 43.2 Å². The molecule has 1 aromatic rings. The number of hydrogen-bond acceptors (Lipinski definition) is 2. The number of benzene rings is 1. The van der Waals surface area contributed by atoms with E-state index in [1.807, 2.05) is 0 Å². The van der Waals surface area contributed by atoms with Crippen LogP contribution in [0.25, 0.3) is 0 Å². The predicted octanol–water partition coefficient (Wildman–Crippen LogP) is 3.06. The molecule has 0 fully saturated rings. The van der Waals surface area contributed by atoms with Gasteiger partial charge < -0.3 is 10.1 Å². The highest BCUT2D eigenvalue weighted by molar-refractivity contribution is 5.29. The fourth-order valence-electron chi connectivity index (χ4n) is 2.10. The lowest BCUT2D eigenvalue weighted by Crippen LogP contribution is -2.21. The smallest absolute Gasteiger partial charge is 0.194 e. The maximum Gasteiger partial charge on any atom is 0.194 e. The lowest BCUT2D eigenvalue weighted by atomic mass is 9.95. The van der Waals surface area contributed by atoms with Gasteiger partial charge in [-0.1, -0.05) is 0 Å². The fourth-order valence-corrected chi connectivity index (χ4v) is 2.10. The largest absolute Gasteiger partial charge is 0.501 e. The van der Waals surface area contributed by atoms with E-state index in [0.717, 1.165) is 30.5 Å². The Morgan fingerprint density at radius 3 is 2.39 bits per heavy atom. The molecule has 2 nitrogen and oxygen atoms in total. The van der Waals surface area contributed by atoms with Crippen LogP contribution in [0.2, 0.25) is 0 Å². The molecule has 2 rings (SSSR count). The number of hydrogen-bond donors (Lipinski definition) is 1. The Kier molecular flexibility index (Phi) is 3.91. The second-order valence-corrected chi connectivity index (χ2v) is 4.19. The van der Waals surface area contributed by atoms with Crippen molar-refractivity contribution in [3.63, 3.8) is 0 Å². The van der Waals surface area contributed by atoms with E-state index in [1.165, 1.54) is 0 Å². The first-order valence-corrected chi connectivity index (χ1v) is 5.75. The van der Waals surface area contributed by atoms with E-state index < -0.39 is 17.5 Å². The zero-order valence-electron chi connectivity index (χ0n) is 9.97. The third-order valence-electron chi connectivity index (χ3n) is 2.96. The second-order valence-electron chi connectivity index (χ2n) is 4.19. The van der Waals surface area contributed by atoms with E-state index in [4.69, 9.17) is 4.74 Å². The first-order valence-electron chi connectivity index (χ1n) is 5.75. The van der Waals surface area contributed by atoms with Gasteiger partial charge >= 0.3 is 0 Å². The lowest BCUT2D eigenvalue weighted by Gasteiger charge is -2.23. The molecule has 1 aromatic carbocycles.